The highest BCUT2D eigenvalue weighted by Gasteiger charge is 2.38. The molecule has 2 aromatic carbocycles. The third-order valence-corrected chi connectivity index (χ3v) is 3.61. The summed E-state index contributed by atoms with van der Waals surface area (Å²) < 4.78 is 11.0. The van der Waals surface area contributed by atoms with Crippen LogP contribution in [0, 0.1) is 22.7 Å². The molecule has 0 bridgehead atoms. The second kappa shape index (κ2) is 9.34. The molecule has 0 radical (unpaired) electrons. The van der Waals surface area contributed by atoms with E-state index in [9.17, 15) is 4.79 Å². The Kier molecular flexibility index (Phi) is 6.86. The van der Waals surface area contributed by atoms with Crippen molar-refractivity contribution >= 4 is 5.78 Å². The number of benzene rings is 2. The molecule has 5 nitrogen and oxygen atoms in total. The lowest BCUT2D eigenvalue weighted by Gasteiger charge is -2.24. The molecule has 126 valence electrons. The number of nitriles is 2. The summed E-state index contributed by atoms with van der Waals surface area (Å²) in [5, 5.41) is 17.0. The first kappa shape index (κ1) is 18.4. The largest absolute Gasteiger partial charge is 0.343 e. The number of rotatable bonds is 4. The van der Waals surface area contributed by atoms with Gasteiger partial charge in [-0.1, -0.05) is 60.7 Å². The summed E-state index contributed by atoms with van der Waals surface area (Å²) in [7, 11) is 0. The third kappa shape index (κ3) is 4.99. The van der Waals surface area contributed by atoms with Crippen molar-refractivity contribution in [2.45, 2.75) is 18.6 Å². The fraction of sp³-hybridized carbons (Fsp3) is 0.250. The van der Waals surface area contributed by atoms with Crippen LogP contribution in [0.5, 0.6) is 0 Å². The molecule has 1 heterocycles. The predicted octanol–water partition coefficient (Wildman–Crippen LogP) is 3.58. The topological polar surface area (TPSA) is 83.1 Å². The molecule has 25 heavy (non-hydrogen) atoms. The Balaban J connectivity index is 0.000000186. The summed E-state index contributed by atoms with van der Waals surface area (Å²) in [5.41, 5.74) is 1.52. The van der Waals surface area contributed by atoms with E-state index in [0.29, 0.717) is 18.8 Å². The van der Waals surface area contributed by atoms with Crippen molar-refractivity contribution in [3.8, 4) is 12.1 Å². The highest BCUT2D eigenvalue weighted by molar-refractivity contribution is 5.97. The van der Waals surface area contributed by atoms with Crippen molar-refractivity contribution in [3.05, 3.63) is 71.8 Å². The molecule has 0 atom stereocenters. The first-order valence-electron chi connectivity index (χ1n) is 7.87. The van der Waals surface area contributed by atoms with Crippen molar-refractivity contribution < 1.29 is 14.3 Å². The molecule has 2 aromatic rings. The summed E-state index contributed by atoms with van der Waals surface area (Å²) in [6, 6.07) is 22.3. The minimum Gasteiger partial charge on any atom is -0.343 e. The molecule has 0 N–H and O–H groups in total. The maximum atomic E-state index is 11.0. The Hall–Kier alpha value is -2.99. The van der Waals surface area contributed by atoms with Crippen LogP contribution in [-0.2, 0) is 15.3 Å². The summed E-state index contributed by atoms with van der Waals surface area (Å²) in [4.78, 5) is 11.0. The second-order valence-electron chi connectivity index (χ2n) is 5.27. The van der Waals surface area contributed by atoms with Crippen LogP contribution in [0.1, 0.15) is 28.8 Å². The Bertz CT molecular complexity index is 755. The van der Waals surface area contributed by atoms with Crippen molar-refractivity contribution in [2.24, 2.45) is 0 Å². The van der Waals surface area contributed by atoms with E-state index >= 15 is 0 Å². The van der Waals surface area contributed by atoms with E-state index in [1.54, 1.807) is 24.3 Å². The predicted molar refractivity (Wildman–Crippen MR) is 91.3 cm³/mol. The molecule has 1 saturated heterocycles. The van der Waals surface area contributed by atoms with Crippen molar-refractivity contribution in [2.75, 3.05) is 13.2 Å². The average molecular weight is 334 g/mol. The van der Waals surface area contributed by atoms with Gasteiger partial charge in [-0.05, 0) is 0 Å². The Morgan fingerprint density at radius 2 is 1.48 bits per heavy atom. The lowest BCUT2D eigenvalue weighted by molar-refractivity contribution is -0.161. The fourth-order valence-electron chi connectivity index (χ4n) is 2.42. The van der Waals surface area contributed by atoms with Crippen molar-refractivity contribution in [1.82, 2.24) is 0 Å². The third-order valence-electron chi connectivity index (χ3n) is 3.61. The van der Waals surface area contributed by atoms with Gasteiger partial charge in [0.1, 0.15) is 0 Å². The summed E-state index contributed by atoms with van der Waals surface area (Å²) in [5.74, 6) is -0.941. The Morgan fingerprint density at radius 3 is 2.00 bits per heavy atom. The van der Waals surface area contributed by atoms with E-state index in [1.165, 1.54) is 0 Å². The highest BCUT2D eigenvalue weighted by atomic mass is 16.7. The number of carbonyl (C=O) groups excluding carboxylic acids is 1. The average Bonchev–Trinajstić information content (AvgIpc) is 3.14. The van der Waals surface area contributed by atoms with E-state index < -0.39 is 5.79 Å². The van der Waals surface area contributed by atoms with E-state index in [-0.39, 0.29) is 18.6 Å². The number of nitrogens with zero attached hydrogens (tertiary/aromatic N) is 2. The zero-order chi connectivity index (χ0) is 18.0. The number of ketones is 1. The SMILES string of the molecule is N#CCC(=O)c1ccccc1.N#CCC1(c2ccccc2)OCCO1. The van der Waals surface area contributed by atoms with Gasteiger partial charge in [0.25, 0.3) is 0 Å². The lowest BCUT2D eigenvalue weighted by atomic mass is 10.0. The molecular formula is C20H18N2O3. The van der Waals surface area contributed by atoms with Gasteiger partial charge in [-0.25, -0.2) is 0 Å². The van der Waals surface area contributed by atoms with Crippen LogP contribution >= 0.6 is 0 Å². The molecule has 0 unspecified atom stereocenters. The number of ether oxygens (including phenoxy) is 2. The van der Waals surface area contributed by atoms with Gasteiger partial charge in [0.15, 0.2) is 5.78 Å². The molecule has 0 saturated carbocycles. The van der Waals surface area contributed by atoms with Gasteiger partial charge < -0.3 is 9.47 Å². The zero-order valence-corrected chi connectivity index (χ0v) is 13.7. The lowest BCUT2D eigenvalue weighted by Crippen LogP contribution is -2.26. The molecule has 0 spiro atoms. The zero-order valence-electron chi connectivity index (χ0n) is 13.7. The number of carbonyl (C=O) groups is 1. The number of Topliss-reactive ketones (excluding diaryl/α,β-unsaturated/α-hetero) is 1. The molecule has 5 heteroatoms. The normalized spacial score (nSPS) is 14.5. The number of hydrogen-bond acceptors (Lipinski definition) is 5. The molecule has 3 rings (SSSR count). The van der Waals surface area contributed by atoms with Crippen LogP contribution in [0.3, 0.4) is 0 Å². The minimum absolute atomic E-state index is 0.0377. The molecular weight excluding hydrogens is 316 g/mol. The van der Waals surface area contributed by atoms with Crippen LogP contribution < -0.4 is 0 Å². The quantitative estimate of drug-likeness (QED) is 0.798. The smallest absolute Gasteiger partial charge is 0.208 e. The van der Waals surface area contributed by atoms with Gasteiger partial charge >= 0.3 is 0 Å². The monoisotopic (exact) mass is 334 g/mol. The number of hydrogen-bond donors (Lipinski definition) is 0. The Morgan fingerprint density at radius 1 is 0.920 bits per heavy atom. The first-order valence-corrected chi connectivity index (χ1v) is 7.87. The van der Waals surface area contributed by atoms with Crippen LogP contribution in [-0.4, -0.2) is 19.0 Å². The molecule has 0 aromatic heterocycles. The van der Waals surface area contributed by atoms with E-state index in [0.717, 1.165) is 5.56 Å². The summed E-state index contributed by atoms with van der Waals surface area (Å²) >= 11 is 0. The van der Waals surface area contributed by atoms with Crippen LogP contribution in [0.2, 0.25) is 0 Å². The standard InChI is InChI=1S/C11H11NO2.C9H7NO/c12-7-6-11(13-8-9-14-11)10-4-2-1-3-5-10;10-7-6-9(11)8-4-2-1-3-5-8/h1-5H,6,8-9H2;1-5H,6H2. The van der Waals surface area contributed by atoms with Crippen molar-refractivity contribution in [3.63, 3.8) is 0 Å². The molecule has 0 aliphatic carbocycles. The van der Waals surface area contributed by atoms with Crippen LogP contribution in [0.25, 0.3) is 0 Å². The first-order chi connectivity index (χ1) is 12.2. The van der Waals surface area contributed by atoms with Gasteiger partial charge in [-0.2, -0.15) is 10.5 Å². The van der Waals surface area contributed by atoms with Crippen LogP contribution in [0.15, 0.2) is 60.7 Å². The van der Waals surface area contributed by atoms with Gasteiger partial charge in [-0.15, -0.1) is 0 Å². The Labute approximate surface area is 147 Å². The molecule has 0 amide bonds. The summed E-state index contributed by atoms with van der Waals surface area (Å²) in [6.45, 7) is 1.10. The fourth-order valence-corrected chi connectivity index (χ4v) is 2.42. The van der Waals surface area contributed by atoms with Crippen LogP contribution in [0.4, 0.5) is 0 Å². The van der Waals surface area contributed by atoms with Gasteiger partial charge in [0.05, 0.1) is 38.2 Å². The van der Waals surface area contributed by atoms with E-state index in [4.69, 9.17) is 20.0 Å². The molecule has 1 fully saturated rings. The maximum absolute atomic E-state index is 11.0. The van der Waals surface area contributed by atoms with E-state index in [1.807, 2.05) is 42.5 Å². The van der Waals surface area contributed by atoms with Gasteiger partial charge in [0, 0.05) is 11.1 Å². The molecule has 1 aliphatic rings. The second-order valence-corrected chi connectivity index (χ2v) is 5.27. The van der Waals surface area contributed by atoms with E-state index in [2.05, 4.69) is 6.07 Å². The molecule has 1 aliphatic heterocycles. The minimum atomic E-state index is -0.823. The summed E-state index contributed by atoms with van der Waals surface area (Å²) in [6.07, 6.45) is 0.195. The highest BCUT2D eigenvalue weighted by Crippen LogP contribution is 2.34. The van der Waals surface area contributed by atoms with Gasteiger partial charge in [-0.3, -0.25) is 4.79 Å². The van der Waals surface area contributed by atoms with Gasteiger partial charge in [0.2, 0.25) is 5.79 Å². The van der Waals surface area contributed by atoms with Crippen molar-refractivity contribution in [1.29, 1.82) is 10.5 Å². The maximum Gasteiger partial charge on any atom is 0.208 e.